The first-order chi connectivity index (χ1) is 10.2. The Morgan fingerprint density at radius 2 is 1.86 bits per heavy atom. The van der Waals surface area contributed by atoms with Crippen molar-refractivity contribution in [2.75, 3.05) is 46.0 Å². The van der Waals surface area contributed by atoms with Crippen molar-refractivity contribution in [3.8, 4) is 6.07 Å². The minimum atomic E-state index is 0.0451. The van der Waals surface area contributed by atoms with E-state index in [0.717, 1.165) is 71.7 Å². The van der Waals surface area contributed by atoms with Gasteiger partial charge in [0.25, 0.3) is 0 Å². The van der Waals surface area contributed by atoms with E-state index < -0.39 is 0 Å². The highest BCUT2D eigenvalue weighted by atomic mass is 16.5. The zero-order valence-corrected chi connectivity index (χ0v) is 13.1. The van der Waals surface area contributed by atoms with Gasteiger partial charge in [-0.2, -0.15) is 5.26 Å². The summed E-state index contributed by atoms with van der Waals surface area (Å²) in [5.74, 6) is 0. The normalized spacial score (nSPS) is 32.7. The highest BCUT2D eigenvalue weighted by Gasteiger charge is 2.41. The first kappa shape index (κ1) is 15.2. The Bertz CT molecular complexity index is 376. The summed E-state index contributed by atoms with van der Waals surface area (Å²) in [7, 11) is 0. The zero-order chi connectivity index (χ0) is 14.7. The summed E-state index contributed by atoms with van der Waals surface area (Å²) in [6, 6.07) is 3.04. The fraction of sp³-hybridized carbons (Fsp3) is 0.938. The second-order valence-electron chi connectivity index (χ2n) is 6.67. The molecule has 0 radical (unpaired) electrons. The molecule has 3 fully saturated rings. The zero-order valence-electron chi connectivity index (χ0n) is 13.1. The van der Waals surface area contributed by atoms with Crippen molar-refractivity contribution in [1.29, 1.82) is 5.26 Å². The van der Waals surface area contributed by atoms with E-state index in [1.165, 1.54) is 0 Å². The molecular formula is C16H27N3O2. The molecule has 0 aromatic rings. The van der Waals surface area contributed by atoms with Crippen LogP contribution in [0.4, 0.5) is 0 Å². The third-order valence-corrected chi connectivity index (χ3v) is 5.47. The molecular weight excluding hydrogens is 266 g/mol. The summed E-state index contributed by atoms with van der Waals surface area (Å²) in [6.45, 7) is 8.79. The molecule has 0 N–H and O–H groups in total. The highest BCUT2D eigenvalue weighted by Crippen LogP contribution is 2.36. The lowest BCUT2D eigenvalue weighted by atomic mass is 9.83. The van der Waals surface area contributed by atoms with Gasteiger partial charge >= 0.3 is 0 Å². The van der Waals surface area contributed by atoms with E-state index in [2.05, 4.69) is 15.9 Å². The van der Waals surface area contributed by atoms with Crippen molar-refractivity contribution in [1.82, 2.24) is 9.80 Å². The quantitative estimate of drug-likeness (QED) is 0.767. The van der Waals surface area contributed by atoms with Gasteiger partial charge in [-0.1, -0.05) is 0 Å². The lowest BCUT2D eigenvalue weighted by Crippen LogP contribution is -2.56. The molecule has 3 aliphatic heterocycles. The maximum absolute atomic E-state index is 9.03. The molecule has 3 saturated heterocycles. The van der Waals surface area contributed by atoms with Crippen molar-refractivity contribution >= 4 is 0 Å². The first-order valence-corrected chi connectivity index (χ1v) is 8.32. The van der Waals surface area contributed by atoms with E-state index in [9.17, 15) is 0 Å². The molecule has 0 aromatic heterocycles. The van der Waals surface area contributed by atoms with Crippen LogP contribution in [0.3, 0.4) is 0 Å². The molecule has 1 spiro atoms. The van der Waals surface area contributed by atoms with Gasteiger partial charge < -0.3 is 9.47 Å². The van der Waals surface area contributed by atoms with Gasteiger partial charge in [-0.3, -0.25) is 9.80 Å². The molecule has 0 aromatic carbocycles. The molecule has 21 heavy (non-hydrogen) atoms. The summed E-state index contributed by atoms with van der Waals surface area (Å²) in [5, 5.41) is 9.03. The number of rotatable bonds is 2. The van der Waals surface area contributed by atoms with Crippen LogP contribution >= 0.6 is 0 Å². The molecule has 0 bridgehead atoms. The third-order valence-electron chi connectivity index (χ3n) is 5.47. The van der Waals surface area contributed by atoms with Crippen molar-refractivity contribution in [3.05, 3.63) is 0 Å². The van der Waals surface area contributed by atoms with E-state index in [0.29, 0.717) is 6.04 Å². The van der Waals surface area contributed by atoms with Crippen LogP contribution in [0, 0.1) is 11.3 Å². The van der Waals surface area contributed by atoms with Crippen molar-refractivity contribution in [2.45, 2.75) is 50.3 Å². The predicted molar refractivity (Wildman–Crippen MR) is 80.0 cm³/mol. The Labute approximate surface area is 127 Å². The largest absolute Gasteiger partial charge is 0.381 e. The number of hydrogen-bond acceptors (Lipinski definition) is 5. The average molecular weight is 293 g/mol. The maximum atomic E-state index is 9.03. The number of piperazine rings is 1. The van der Waals surface area contributed by atoms with E-state index in [1.807, 2.05) is 6.92 Å². The summed E-state index contributed by atoms with van der Waals surface area (Å²) < 4.78 is 11.6. The van der Waals surface area contributed by atoms with Gasteiger partial charge in [0.15, 0.2) is 0 Å². The van der Waals surface area contributed by atoms with Crippen molar-refractivity contribution < 1.29 is 9.47 Å². The summed E-state index contributed by atoms with van der Waals surface area (Å²) in [4.78, 5) is 4.92. The Hall–Kier alpha value is -0.670. The van der Waals surface area contributed by atoms with Gasteiger partial charge in [0, 0.05) is 52.0 Å². The van der Waals surface area contributed by atoms with Crippen molar-refractivity contribution in [3.63, 3.8) is 0 Å². The minimum Gasteiger partial charge on any atom is -0.381 e. The number of nitriles is 1. The number of nitrogens with zero attached hydrogens (tertiary/aromatic N) is 3. The third kappa shape index (κ3) is 3.40. The monoisotopic (exact) mass is 293 g/mol. The second-order valence-corrected chi connectivity index (χ2v) is 6.67. The lowest BCUT2D eigenvalue weighted by Gasteiger charge is -2.48. The smallest absolute Gasteiger partial charge is 0.0950 e. The van der Waals surface area contributed by atoms with Gasteiger partial charge in [-0.25, -0.2) is 0 Å². The standard InChI is InChI=1S/C16H27N3O2/c1-14(13-17)18-5-7-19(8-6-18)15-2-9-21-16(12-15)3-10-20-11-4-16/h14-15H,2-12H2,1H3. The molecule has 0 saturated carbocycles. The predicted octanol–water partition coefficient (Wildman–Crippen LogP) is 1.24. The summed E-state index contributed by atoms with van der Waals surface area (Å²) >= 11 is 0. The molecule has 3 aliphatic rings. The van der Waals surface area contributed by atoms with E-state index >= 15 is 0 Å². The van der Waals surface area contributed by atoms with Crippen LogP contribution in [0.5, 0.6) is 0 Å². The van der Waals surface area contributed by atoms with Crippen LogP contribution in [0.15, 0.2) is 0 Å². The van der Waals surface area contributed by atoms with Gasteiger partial charge in [0.1, 0.15) is 0 Å². The molecule has 5 heteroatoms. The average Bonchev–Trinajstić information content (AvgIpc) is 2.55. The van der Waals surface area contributed by atoms with Crippen LogP contribution in [-0.4, -0.2) is 73.5 Å². The van der Waals surface area contributed by atoms with Gasteiger partial charge in [0.05, 0.1) is 17.7 Å². The highest BCUT2D eigenvalue weighted by molar-refractivity contribution is 4.95. The lowest BCUT2D eigenvalue weighted by molar-refractivity contribution is -0.153. The Balaban J connectivity index is 1.54. The first-order valence-electron chi connectivity index (χ1n) is 8.32. The fourth-order valence-corrected chi connectivity index (χ4v) is 3.98. The van der Waals surface area contributed by atoms with Crippen LogP contribution < -0.4 is 0 Å². The molecule has 0 aliphatic carbocycles. The van der Waals surface area contributed by atoms with Crippen LogP contribution in [0.1, 0.15) is 32.6 Å². The Morgan fingerprint density at radius 1 is 1.14 bits per heavy atom. The SMILES string of the molecule is CC(C#N)N1CCN(C2CCOC3(CCOCC3)C2)CC1. The van der Waals surface area contributed by atoms with E-state index in [4.69, 9.17) is 14.7 Å². The molecule has 118 valence electrons. The Morgan fingerprint density at radius 3 is 2.52 bits per heavy atom. The van der Waals surface area contributed by atoms with Crippen LogP contribution in [0.25, 0.3) is 0 Å². The van der Waals surface area contributed by atoms with Gasteiger partial charge in [-0.05, 0) is 32.6 Å². The second kappa shape index (κ2) is 6.62. The van der Waals surface area contributed by atoms with Gasteiger partial charge in [-0.15, -0.1) is 0 Å². The minimum absolute atomic E-state index is 0.0451. The van der Waals surface area contributed by atoms with Crippen molar-refractivity contribution in [2.24, 2.45) is 0 Å². The van der Waals surface area contributed by atoms with E-state index in [1.54, 1.807) is 0 Å². The molecule has 3 heterocycles. The number of hydrogen-bond donors (Lipinski definition) is 0. The maximum Gasteiger partial charge on any atom is 0.0950 e. The molecule has 2 atom stereocenters. The van der Waals surface area contributed by atoms with E-state index in [-0.39, 0.29) is 11.6 Å². The summed E-state index contributed by atoms with van der Waals surface area (Å²) in [6.07, 6.45) is 4.41. The molecule has 2 unspecified atom stereocenters. The fourth-order valence-electron chi connectivity index (χ4n) is 3.98. The van der Waals surface area contributed by atoms with Gasteiger partial charge in [0.2, 0.25) is 0 Å². The van der Waals surface area contributed by atoms with Crippen LogP contribution in [-0.2, 0) is 9.47 Å². The Kier molecular flexibility index (Phi) is 4.80. The molecule has 3 rings (SSSR count). The molecule has 5 nitrogen and oxygen atoms in total. The number of ether oxygens (including phenoxy) is 2. The van der Waals surface area contributed by atoms with Crippen LogP contribution in [0.2, 0.25) is 0 Å². The summed E-state index contributed by atoms with van der Waals surface area (Å²) in [5.41, 5.74) is 0.0816. The topological polar surface area (TPSA) is 48.7 Å². The molecule has 0 amide bonds.